The molecule has 0 saturated heterocycles. The molecule has 21 heavy (non-hydrogen) atoms. The normalized spacial score (nSPS) is 11.6. The maximum Gasteiger partial charge on any atom is 0.263 e. The number of rotatable bonds is 4. The van der Waals surface area contributed by atoms with Gasteiger partial charge >= 0.3 is 0 Å². The molecule has 0 aliphatic rings. The fourth-order valence-corrected chi connectivity index (χ4v) is 4.94. The summed E-state index contributed by atoms with van der Waals surface area (Å²) in [4.78, 5) is 19.7. The lowest BCUT2D eigenvalue weighted by Gasteiger charge is -2.14. The minimum atomic E-state index is 0.0793. The molecule has 0 amide bonds. The molecule has 0 N–H and O–H groups in total. The molecule has 3 rings (SSSR count). The minimum absolute atomic E-state index is 0.0793. The second-order valence-corrected chi connectivity index (χ2v) is 7.94. The Labute approximate surface area is 135 Å². The van der Waals surface area contributed by atoms with Crippen LogP contribution in [0.3, 0.4) is 0 Å². The van der Waals surface area contributed by atoms with Gasteiger partial charge in [-0.2, -0.15) is 0 Å². The molecule has 0 spiro atoms. The van der Waals surface area contributed by atoms with E-state index in [4.69, 9.17) is 4.98 Å². The van der Waals surface area contributed by atoms with Crippen molar-refractivity contribution in [1.29, 1.82) is 0 Å². The molecule has 3 nitrogen and oxygen atoms in total. The monoisotopic (exact) mass is 336 g/mol. The van der Waals surface area contributed by atoms with Crippen LogP contribution in [0.2, 0.25) is 0 Å². The van der Waals surface area contributed by atoms with E-state index in [1.54, 1.807) is 34.4 Å². The van der Waals surface area contributed by atoms with E-state index in [1.807, 2.05) is 29.9 Å². The molecule has 0 bridgehead atoms. The van der Waals surface area contributed by atoms with Crippen molar-refractivity contribution in [3.63, 3.8) is 0 Å². The maximum absolute atomic E-state index is 13.0. The fourth-order valence-electron chi connectivity index (χ4n) is 2.28. The number of hydrogen-bond acceptors (Lipinski definition) is 5. The van der Waals surface area contributed by atoms with Crippen molar-refractivity contribution < 1.29 is 0 Å². The highest BCUT2D eigenvalue weighted by Gasteiger charge is 2.18. The summed E-state index contributed by atoms with van der Waals surface area (Å²) in [5.41, 5.74) is 1.10. The quantitative estimate of drug-likeness (QED) is 0.503. The third-order valence-corrected chi connectivity index (χ3v) is 5.79. The van der Waals surface area contributed by atoms with Crippen LogP contribution in [0, 0.1) is 0 Å². The molecule has 0 aliphatic carbocycles. The smallest absolute Gasteiger partial charge is 0.263 e. The number of nitrogens with zero attached hydrogens (tertiary/aromatic N) is 2. The highest BCUT2D eigenvalue weighted by Crippen LogP contribution is 2.34. The fraction of sp³-hybridized carbons (Fsp3) is 0.333. The lowest BCUT2D eigenvalue weighted by Crippen LogP contribution is -2.24. The Morgan fingerprint density at radius 3 is 2.81 bits per heavy atom. The van der Waals surface area contributed by atoms with Crippen molar-refractivity contribution in [3.8, 4) is 10.4 Å². The average Bonchev–Trinajstić information content (AvgIpc) is 3.06. The van der Waals surface area contributed by atoms with Crippen molar-refractivity contribution in [3.05, 3.63) is 33.2 Å². The largest absolute Gasteiger partial charge is 0.284 e. The Morgan fingerprint density at radius 1 is 1.38 bits per heavy atom. The maximum atomic E-state index is 13.0. The topological polar surface area (TPSA) is 34.9 Å². The second-order valence-electron chi connectivity index (χ2n) is 4.90. The van der Waals surface area contributed by atoms with Crippen molar-refractivity contribution >= 4 is 44.7 Å². The predicted octanol–water partition coefficient (Wildman–Crippen LogP) is 4.88. The van der Waals surface area contributed by atoms with E-state index in [1.165, 1.54) is 0 Å². The Morgan fingerprint density at radius 2 is 2.19 bits per heavy atom. The standard InChI is InChI=1S/C15H16N2OS3/c1-4-19-15-16-13-12(14(18)17(15)9(2)3)10(8-21-13)11-6-5-7-20-11/h5-9H,4H2,1-3H3. The van der Waals surface area contributed by atoms with Gasteiger partial charge in [0.15, 0.2) is 5.16 Å². The predicted molar refractivity (Wildman–Crippen MR) is 94.0 cm³/mol. The third-order valence-electron chi connectivity index (χ3n) is 3.18. The number of thioether (sulfide) groups is 1. The van der Waals surface area contributed by atoms with Crippen LogP contribution < -0.4 is 5.56 Å². The van der Waals surface area contributed by atoms with Gasteiger partial charge in [-0.3, -0.25) is 9.36 Å². The van der Waals surface area contributed by atoms with Crippen LogP contribution in [0.1, 0.15) is 26.8 Å². The summed E-state index contributed by atoms with van der Waals surface area (Å²) in [6.07, 6.45) is 0. The Kier molecular flexibility index (Phi) is 4.19. The van der Waals surface area contributed by atoms with Gasteiger partial charge in [0, 0.05) is 21.9 Å². The highest BCUT2D eigenvalue weighted by atomic mass is 32.2. The molecule has 0 atom stereocenters. The number of thiophene rings is 2. The van der Waals surface area contributed by atoms with Gasteiger partial charge in [-0.1, -0.05) is 24.8 Å². The summed E-state index contributed by atoms with van der Waals surface area (Å²) in [5, 5.41) is 5.67. The van der Waals surface area contributed by atoms with Crippen LogP contribution in [-0.4, -0.2) is 15.3 Å². The van der Waals surface area contributed by atoms with Gasteiger partial charge in [-0.15, -0.1) is 22.7 Å². The zero-order chi connectivity index (χ0) is 15.0. The molecule has 0 saturated carbocycles. The third kappa shape index (κ3) is 2.56. The van der Waals surface area contributed by atoms with Gasteiger partial charge in [0.05, 0.1) is 5.39 Å². The van der Waals surface area contributed by atoms with Crippen LogP contribution in [0.15, 0.2) is 32.8 Å². The van der Waals surface area contributed by atoms with Crippen LogP contribution >= 0.6 is 34.4 Å². The first kappa shape index (κ1) is 14.8. The molecular formula is C15H16N2OS3. The molecule has 6 heteroatoms. The minimum Gasteiger partial charge on any atom is -0.284 e. The van der Waals surface area contributed by atoms with E-state index in [0.29, 0.717) is 0 Å². The average molecular weight is 337 g/mol. The number of fused-ring (bicyclic) bond motifs is 1. The molecule has 3 heterocycles. The molecular weight excluding hydrogens is 320 g/mol. The molecule has 3 aromatic heterocycles. The molecule has 0 unspecified atom stereocenters. The zero-order valence-corrected chi connectivity index (χ0v) is 14.6. The van der Waals surface area contributed by atoms with E-state index >= 15 is 0 Å². The van der Waals surface area contributed by atoms with Crippen molar-refractivity contribution in [2.75, 3.05) is 5.75 Å². The van der Waals surface area contributed by atoms with Gasteiger partial charge < -0.3 is 0 Å². The Bertz CT molecular complexity index is 815. The first-order chi connectivity index (χ1) is 10.1. The summed E-state index contributed by atoms with van der Waals surface area (Å²) >= 11 is 4.84. The van der Waals surface area contributed by atoms with Gasteiger partial charge in [0.1, 0.15) is 4.83 Å². The van der Waals surface area contributed by atoms with E-state index in [2.05, 4.69) is 18.4 Å². The summed E-state index contributed by atoms with van der Waals surface area (Å²) < 4.78 is 1.82. The molecule has 0 radical (unpaired) electrons. The van der Waals surface area contributed by atoms with E-state index in [-0.39, 0.29) is 11.6 Å². The zero-order valence-electron chi connectivity index (χ0n) is 12.1. The molecule has 0 aliphatic heterocycles. The van der Waals surface area contributed by atoms with Crippen LogP contribution in [0.4, 0.5) is 0 Å². The van der Waals surface area contributed by atoms with E-state index in [0.717, 1.165) is 31.6 Å². The molecule has 110 valence electrons. The molecule has 3 aromatic rings. The second kappa shape index (κ2) is 5.94. The Hall–Kier alpha value is -1.11. The van der Waals surface area contributed by atoms with Crippen molar-refractivity contribution in [1.82, 2.24) is 9.55 Å². The lowest BCUT2D eigenvalue weighted by molar-refractivity contribution is 0.519. The highest BCUT2D eigenvalue weighted by molar-refractivity contribution is 7.99. The van der Waals surface area contributed by atoms with E-state index in [9.17, 15) is 4.79 Å². The van der Waals surface area contributed by atoms with Crippen LogP contribution in [0.5, 0.6) is 0 Å². The molecule has 0 aromatic carbocycles. The van der Waals surface area contributed by atoms with Crippen molar-refractivity contribution in [2.45, 2.75) is 32.0 Å². The number of hydrogen-bond donors (Lipinski definition) is 0. The van der Waals surface area contributed by atoms with Crippen molar-refractivity contribution in [2.24, 2.45) is 0 Å². The first-order valence-electron chi connectivity index (χ1n) is 6.84. The molecule has 0 fully saturated rings. The lowest BCUT2D eigenvalue weighted by atomic mass is 10.2. The van der Waals surface area contributed by atoms with E-state index < -0.39 is 0 Å². The van der Waals surface area contributed by atoms with Gasteiger partial charge in [0.25, 0.3) is 5.56 Å². The SMILES string of the molecule is CCSc1nc2scc(-c3cccs3)c2c(=O)n1C(C)C. The van der Waals surface area contributed by atoms with Crippen LogP contribution in [-0.2, 0) is 0 Å². The first-order valence-corrected chi connectivity index (χ1v) is 9.58. The number of aromatic nitrogens is 2. The Balaban J connectivity index is 2.33. The summed E-state index contributed by atoms with van der Waals surface area (Å²) in [5.74, 6) is 0.911. The van der Waals surface area contributed by atoms with Gasteiger partial charge in [-0.05, 0) is 31.0 Å². The summed E-state index contributed by atoms with van der Waals surface area (Å²) in [6, 6.07) is 4.18. The van der Waals surface area contributed by atoms with Gasteiger partial charge in [-0.25, -0.2) is 4.98 Å². The summed E-state index contributed by atoms with van der Waals surface area (Å²) in [7, 11) is 0. The summed E-state index contributed by atoms with van der Waals surface area (Å²) in [6.45, 7) is 6.15. The van der Waals surface area contributed by atoms with Gasteiger partial charge in [0.2, 0.25) is 0 Å². The van der Waals surface area contributed by atoms with Crippen LogP contribution in [0.25, 0.3) is 20.7 Å².